The Hall–Kier alpha value is -1.72. The van der Waals surface area contributed by atoms with Crippen LogP contribution in [0.4, 0.5) is 0 Å². The van der Waals surface area contributed by atoms with Gasteiger partial charge in [0, 0.05) is 25.8 Å². The van der Waals surface area contributed by atoms with Gasteiger partial charge in [-0.2, -0.15) is 0 Å². The van der Waals surface area contributed by atoms with Crippen LogP contribution in [0, 0.1) is 6.92 Å². The van der Waals surface area contributed by atoms with Crippen molar-refractivity contribution in [1.82, 2.24) is 25.2 Å². The van der Waals surface area contributed by atoms with E-state index in [4.69, 9.17) is 0 Å². The third-order valence-electron chi connectivity index (χ3n) is 3.43. The number of aryl methyl sites for hydroxylation is 1. The molecule has 0 fully saturated rings. The lowest BCUT2D eigenvalue weighted by molar-refractivity contribution is 0.304. The van der Waals surface area contributed by atoms with Crippen LogP contribution in [0.3, 0.4) is 0 Å². The Bertz CT molecular complexity index is 532. The Morgan fingerprint density at radius 1 is 1.24 bits per heavy atom. The normalized spacial score (nSPS) is 11.2. The monoisotopic (exact) mass is 287 g/mol. The first-order valence-corrected chi connectivity index (χ1v) is 7.51. The van der Waals surface area contributed by atoms with Gasteiger partial charge in [-0.1, -0.05) is 42.0 Å². The van der Waals surface area contributed by atoms with Crippen LogP contribution in [0.2, 0.25) is 0 Å². The molecule has 0 amide bonds. The summed E-state index contributed by atoms with van der Waals surface area (Å²) in [5.74, 6) is 0. The number of nitrogens with one attached hydrogen (secondary N) is 1. The summed E-state index contributed by atoms with van der Waals surface area (Å²) in [5.41, 5.74) is 3.64. The highest BCUT2D eigenvalue weighted by molar-refractivity contribution is 5.21. The molecule has 0 radical (unpaired) electrons. The van der Waals surface area contributed by atoms with Gasteiger partial charge in [-0.15, -0.1) is 5.10 Å². The molecule has 1 heterocycles. The summed E-state index contributed by atoms with van der Waals surface area (Å²) < 4.78 is 1.91. The van der Waals surface area contributed by atoms with Crippen LogP contribution in [-0.2, 0) is 19.6 Å². The molecule has 0 saturated heterocycles. The Balaban J connectivity index is 1.76. The van der Waals surface area contributed by atoms with Gasteiger partial charge in [0.05, 0.1) is 12.2 Å². The smallest absolute Gasteiger partial charge is 0.0964 e. The van der Waals surface area contributed by atoms with Gasteiger partial charge in [-0.3, -0.25) is 4.68 Å². The average molecular weight is 287 g/mol. The summed E-state index contributed by atoms with van der Waals surface area (Å²) in [6.45, 7) is 8.72. The Morgan fingerprint density at radius 3 is 2.71 bits per heavy atom. The van der Waals surface area contributed by atoms with Crippen molar-refractivity contribution in [3.05, 3.63) is 47.3 Å². The molecule has 2 aromatic rings. The lowest BCUT2D eigenvalue weighted by Gasteiger charge is -2.16. The van der Waals surface area contributed by atoms with Crippen molar-refractivity contribution >= 4 is 0 Å². The number of rotatable bonds is 8. The zero-order valence-electron chi connectivity index (χ0n) is 13.2. The molecular formula is C16H25N5. The van der Waals surface area contributed by atoms with E-state index in [0.29, 0.717) is 0 Å². The Morgan fingerprint density at radius 2 is 2.00 bits per heavy atom. The first kappa shape index (κ1) is 15.7. The van der Waals surface area contributed by atoms with Gasteiger partial charge >= 0.3 is 0 Å². The molecule has 0 aliphatic heterocycles. The minimum Gasteiger partial charge on any atom is -0.311 e. The second-order valence-corrected chi connectivity index (χ2v) is 5.48. The van der Waals surface area contributed by atoms with Crippen molar-refractivity contribution in [2.24, 2.45) is 0 Å². The molecule has 1 N–H and O–H groups in total. The van der Waals surface area contributed by atoms with Crippen molar-refractivity contribution in [3.63, 3.8) is 0 Å². The summed E-state index contributed by atoms with van der Waals surface area (Å²) in [6, 6.07) is 8.70. The van der Waals surface area contributed by atoms with Crippen LogP contribution >= 0.6 is 0 Å². The third-order valence-corrected chi connectivity index (χ3v) is 3.43. The SMILES string of the molecule is CCNCc1cn(CCN(C)Cc2ccc(C)cc2)nn1. The van der Waals surface area contributed by atoms with Gasteiger partial charge in [0.15, 0.2) is 0 Å². The number of nitrogens with zero attached hydrogens (tertiary/aromatic N) is 4. The van der Waals surface area contributed by atoms with Gasteiger partial charge in [0.1, 0.15) is 0 Å². The van der Waals surface area contributed by atoms with Crippen LogP contribution in [0.5, 0.6) is 0 Å². The van der Waals surface area contributed by atoms with Crippen LogP contribution in [0.15, 0.2) is 30.5 Å². The first-order valence-electron chi connectivity index (χ1n) is 7.51. The highest BCUT2D eigenvalue weighted by atomic mass is 15.4. The molecule has 0 aliphatic rings. The zero-order valence-corrected chi connectivity index (χ0v) is 13.2. The quantitative estimate of drug-likeness (QED) is 0.804. The molecule has 114 valence electrons. The van der Waals surface area contributed by atoms with Gasteiger partial charge in [-0.25, -0.2) is 0 Å². The minimum atomic E-state index is 0.787. The van der Waals surface area contributed by atoms with Gasteiger partial charge in [-0.05, 0) is 26.1 Å². The largest absolute Gasteiger partial charge is 0.311 e. The average Bonchev–Trinajstić information content (AvgIpc) is 2.93. The van der Waals surface area contributed by atoms with Gasteiger partial charge in [0.2, 0.25) is 0 Å². The maximum Gasteiger partial charge on any atom is 0.0964 e. The molecule has 1 aromatic carbocycles. The molecular weight excluding hydrogens is 262 g/mol. The predicted octanol–water partition coefficient (Wildman–Crippen LogP) is 1.83. The molecule has 1 aromatic heterocycles. The van der Waals surface area contributed by atoms with Crippen molar-refractivity contribution in [1.29, 1.82) is 0 Å². The van der Waals surface area contributed by atoms with Crippen LogP contribution in [-0.4, -0.2) is 40.0 Å². The Kier molecular flexibility index (Phi) is 5.90. The molecule has 0 atom stereocenters. The third kappa shape index (κ3) is 5.28. The fraction of sp³-hybridized carbons (Fsp3) is 0.500. The number of aromatic nitrogens is 3. The summed E-state index contributed by atoms with van der Waals surface area (Å²) >= 11 is 0. The topological polar surface area (TPSA) is 46.0 Å². The van der Waals surface area contributed by atoms with Crippen LogP contribution < -0.4 is 5.32 Å². The van der Waals surface area contributed by atoms with E-state index < -0.39 is 0 Å². The summed E-state index contributed by atoms with van der Waals surface area (Å²) in [6.07, 6.45) is 2.02. The van der Waals surface area contributed by atoms with E-state index in [2.05, 4.69) is 65.7 Å². The van der Waals surface area contributed by atoms with Crippen molar-refractivity contribution < 1.29 is 0 Å². The molecule has 5 heteroatoms. The molecule has 21 heavy (non-hydrogen) atoms. The second-order valence-electron chi connectivity index (χ2n) is 5.48. The molecule has 2 rings (SSSR count). The van der Waals surface area contributed by atoms with Crippen molar-refractivity contribution in [3.8, 4) is 0 Å². The van der Waals surface area contributed by atoms with E-state index in [1.165, 1.54) is 11.1 Å². The van der Waals surface area contributed by atoms with Crippen LogP contribution in [0.25, 0.3) is 0 Å². The van der Waals surface area contributed by atoms with E-state index in [-0.39, 0.29) is 0 Å². The van der Waals surface area contributed by atoms with Gasteiger partial charge in [0.25, 0.3) is 0 Å². The van der Waals surface area contributed by atoms with Crippen LogP contribution in [0.1, 0.15) is 23.7 Å². The standard InChI is InChI=1S/C16H25N5/c1-4-17-11-16-13-21(19-18-16)10-9-20(3)12-15-7-5-14(2)6-8-15/h5-8,13,17H,4,9-12H2,1-3H3. The molecule has 0 unspecified atom stereocenters. The molecule has 0 saturated carbocycles. The lowest BCUT2D eigenvalue weighted by atomic mass is 10.1. The molecule has 0 spiro atoms. The lowest BCUT2D eigenvalue weighted by Crippen LogP contribution is -2.23. The fourth-order valence-corrected chi connectivity index (χ4v) is 2.14. The molecule has 5 nitrogen and oxygen atoms in total. The predicted molar refractivity (Wildman–Crippen MR) is 84.9 cm³/mol. The molecule has 0 aliphatic carbocycles. The van der Waals surface area contributed by atoms with E-state index in [9.17, 15) is 0 Å². The number of hydrogen-bond donors (Lipinski definition) is 1. The fourth-order valence-electron chi connectivity index (χ4n) is 2.14. The summed E-state index contributed by atoms with van der Waals surface area (Å²) in [4.78, 5) is 2.30. The zero-order chi connectivity index (χ0) is 15.1. The van der Waals surface area contributed by atoms with Gasteiger partial charge < -0.3 is 10.2 Å². The summed E-state index contributed by atoms with van der Waals surface area (Å²) in [7, 11) is 2.14. The number of hydrogen-bond acceptors (Lipinski definition) is 4. The molecule has 0 bridgehead atoms. The highest BCUT2D eigenvalue weighted by Crippen LogP contribution is 2.05. The number of likely N-dealkylation sites (N-methyl/N-ethyl adjacent to an activating group) is 1. The van der Waals surface area contributed by atoms with Crippen molar-refractivity contribution in [2.45, 2.75) is 33.5 Å². The second kappa shape index (κ2) is 7.90. The number of benzene rings is 1. The summed E-state index contributed by atoms with van der Waals surface area (Å²) in [5, 5.41) is 11.6. The van der Waals surface area contributed by atoms with E-state index in [0.717, 1.165) is 38.4 Å². The highest BCUT2D eigenvalue weighted by Gasteiger charge is 2.03. The first-order chi connectivity index (χ1) is 10.2. The van der Waals surface area contributed by atoms with E-state index >= 15 is 0 Å². The van der Waals surface area contributed by atoms with Crippen molar-refractivity contribution in [2.75, 3.05) is 20.1 Å². The van der Waals surface area contributed by atoms with E-state index in [1.54, 1.807) is 0 Å². The Labute approximate surface area is 127 Å². The van der Waals surface area contributed by atoms with E-state index in [1.807, 2.05) is 10.9 Å². The minimum absolute atomic E-state index is 0.787. The maximum absolute atomic E-state index is 4.16. The maximum atomic E-state index is 4.16.